The highest BCUT2D eigenvalue weighted by atomic mass is 79.9. The molecule has 5 nitrogen and oxygen atoms in total. The Bertz CT molecular complexity index is 544. The largest absolute Gasteiger partial charge is 0.503 e. The molecule has 1 aromatic carbocycles. The summed E-state index contributed by atoms with van der Waals surface area (Å²) in [5.41, 5.74) is 1.06. The highest BCUT2D eigenvalue weighted by Crippen LogP contribution is 2.35. The second-order valence-electron chi connectivity index (χ2n) is 4.44. The highest BCUT2D eigenvalue weighted by molar-refractivity contribution is 9.10. The number of aromatic amines is 1. The fraction of sp³-hybridized carbons (Fsp3) is 0.357. The molecule has 0 spiro atoms. The zero-order chi connectivity index (χ0) is 14.4. The van der Waals surface area contributed by atoms with Gasteiger partial charge in [0.1, 0.15) is 5.82 Å². The maximum atomic E-state index is 9.73. The van der Waals surface area contributed by atoms with Gasteiger partial charge in [-0.1, -0.05) is 0 Å². The van der Waals surface area contributed by atoms with Gasteiger partial charge in [-0.15, -0.1) is 0 Å². The number of nitrogens with zero attached hydrogens (tertiary/aromatic N) is 1. The number of H-pyrrole nitrogens is 1. The van der Waals surface area contributed by atoms with Crippen LogP contribution in [-0.4, -0.2) is 28.7 Å². The third-order valence-corrected chi connectivity index (χ3v) is 3.56. The maximum Gasteiger partial charge on any atom is 0.172 e. The SMILES string of the molecule is COc1cc(CNCCCc2ncc[nH]2)cc(Br)c1O. The zero-order valence-corrected chi connectivity index (χ0v) is 12.9. The predicted molar refractivity (Wildman–Crippen MR) is 81.0 cm³/mol. The van der Waals surface area contributed by atoms with Crippen molar-refractivity contribution in [2.75, 3.05) is 13.7 Å². The summed E-state index contributed by atoms with van der Waals surface area (Å²) < 4.78 is 5.77. The van der Waals surface area contributed by atoms with Crippen LogP contribution >= 0.6 is 15.9 Å². The number of nitrogens with one attached hydrogen (secondary N) is 2. The molecule has 0 saturated heterocycles. The first-order valence-corrected chi connectivity index (χ1v) is 7.24. The summed E-state index contributed by atoms with van der Waals surface area (Å²) in [5, 5.41) is 13.1. The topological polar surface area (TPSA) is 70.2 Å². The van der Waals surface area contributed by atoms with Gasteiger partial charge in [0.25, 0.3) is 0 Å². The molecule has 0 saturated carbocycles. The van der Waals surface area contributed by atoms with Crippen molar-refractivity contribution in [1.82, 2.24) is 15.3 Å². The van der Waals surface area contributed by atoms with Crippen molar-refractivity contribution in [3.63, 3.8) is 0 Å². The van der Waals surface area contributed by atoms with Crippen LogP contribution in [0.15, 0.2) is 29.0 Å². The van der Waals surface area contributed by atoms with Crippen LogP contribution < -0.4 is 10.1 Å². The monoisotopic (exact) mass is 339 g/mol. The van der Waals surface area contributed by atoms with Crippen molar-refractivity contribution in [2.24, 2.45) is 0 Å². The lowest BCUT2D eigenvalue weighted by Gasteiger charge is -2.09. The van der Waals surface area contributed by atoms with Crippen LogP contribution in [0.3, 0.4) is 0 Å². The van der Waals surface area contributed by atoms with Crippen LogP contribution in [0.2, 0.25) is 0 Å². The molecule has 0 aliphatic heterocycles. The van der Waals surface area contributed by atoms with Gasteiger partial charge < -0.3 is 20.1 Å². The number of hydrogen-bond donors (Lipinski definition) is 3. The number of aromatic hydroxyl groups is 1. The Labute approximate surface area is 126 Å². The van der Waals surface area contributed by atoms with Crippen LogP contribution in [0.25, 0.3) is 0 Å². The van der Waals surface area contributed by atoms with E-state index in [0.717, 1.165) is 37.3 Å². The molecule has 0 radical (unpaired) electrons. The summed E-state index contributed by atoms with van der Waals surface area (Å²) in [4.78, 5) is 7.27. The number of ether oxygens (including phenoxy) is 1. The van der Waals surface area contributed by atoms with Crippen molar-refractivity contribution in [2.45, 2.75) is 19.4 Å². The Kier molecular flexibility index (Phi) is 5.43. The minimum Gasteiger partial charge on any atom is -0.503 e. The number of hydrogen-bond acceptors (Lipinski definition) is 4. The first-order valence-electron chi connectivity index (χ1n) is 6.45. The Morgan fingerprint density at radius 1 is 1.45 bits per heavy atom. The van der Waals surface area contributed by atoms with E-state index in [-0.39, 0.29) is 5.75 Å². The molecule has 0 aliphatic rings. The van der Waals surface area contributed by atoms with Crippen molar-refractivity contribution in [3.8, 4) is 11.5 Å². The van der Waals surface area contributed by atoms with Crippen molar-refractivity contribution >= 4 is 15.9 Å². The Hall–Kier alpha value is -1.53. The molecule has 20 heavy (non-hydrogen) atoms. The molecular weight excluding hydrogens is 322 g/mol. The number of phenols is 1. The van der Waals surface area contributed by atoms with Crippen molar-refractivity contribution in [1.29, 1.82) is 0 Å². The molecular formula is C14H18BrN3O2. The van der Waals surface area contributed by atoms with Gasteiger partial charge in [0, 0.05) is 25.4 Å². The molecule has 2 aromatic rings. The maximum absolute atomic E-state index is 9.73. The number of rotatable bonds is 7. The van der Waals surface area contributed by atoms with E-state index in [2.05, 4.69) is 31.2 Å². The number of halogens is 1. The molecule has 0 aliphatic carbocycles. The van der Waals surface area contributed by atoms with Gasteiger partial charge in [0.05, 0.1) is 11.6 Å². The number of benzene rings is 1. The fourth-order valence-corrected chi connectivity index (χ4v) is 2.42. The van der Waals surface area contributed by atoms with E-state index in [1.54, 1.807) is 13.3 Å². The van der Waals surface area contributed by atoms with Crippen LogP contribution in [-0.2, 0) is 13.0 Å². The Balaban J connectivity index is 1.78. The smallest absolute Gasteiger partial charge is 0.172 e. The summed E-state index contributed by atoms with van der Waals surface area (Å²) in [6.07, 6.45) is 5.55. The van der Waals surface area contributed by atoms with Gasteiger partial charge in [-0.25, -0.2) is 4.98 Å². The van der Waals surface area contributed by atoms with Crippen molar-refractivity contribution in [3.05, 3.63) is 40.4 Å². The molecule has 6 heteroatoms. The van der Waals surface area contributed by atoms with E-state index in [1.165, 1.54) is 0 Å². The molecule has 1 aromatic heterocycles. The van der Waals surface area contributed by atoms with Crippen LogP contribution in [0.1, 0.15) is 17.8 Å². The number of aryl methyl sites for hydroxylation is 1. The number of methoxy groups -OCH3 is 1. The summed E-state index contributed by atoms with van der Waals surface area (Å²) >= 11 is 3.32. The quantitative estimate of drug-likeness (QED) is 0.678. The van der Waals surface area contributed by atoms with E-state index in [1.807, 2.05) is 18.3 Å². The van der Waals surface area contributed by atoms with Gasteiger partial charge in [-0.2, -0.15) is 0 Å². The molecule has 0 unspecified atom stereocenters. The van der Waals surface area contributed by atoms with E-state index in [9.17, 15) is 5.11 Å². The Morgan fingerprint density at radius 3 is 3.00 bits per heavy atom. The zero-order valence-electron chi connectivity index (χ0n) is 11.3. The van der Waals surface area contributed by atoms with Gasteiger partial charge >= 0.3 is 0 Å². The van der Waals surface area contributed by atoms with Gasteiger partial charge in [0.2, 0.25) is 0 Å². The van der Waals surface area contributed by atoms with Crippen LogP contribution in [0, 0.1) is 0 Å². The molecule has 0 atom stereocenters. The highest BCUT2D eigenvalue weighted by Gasteiger charge is 2.08. The van der Waals surface area contributed by atoms with Crippen LogP contribution in [0.5, 0.6) is 11.5 Å². The molecule has 1 heterocycles. The van der Waals surface area contributed by atoms with Gasteiger partial charge in [0.15, 0.2) is 11.5 Å². The summed E-state index contributed by atoms with van der Waals surface area (Å²) in [5.74, 6) is 1.63. The minimum absolute atomic E-state index is 0.133. The number of imidazole rings is 1. The molecule has 2 rings (SSSR count). The average molecular weight is 340 g/mol. The number of aromatic nitrogens is 2. The molecule has 0 amide bonds. The normalized spacial score (nSPS) is 10.7. The lowest BCUT2D eigenvalue weighted by molar-refractivity contribution is 0.371. The lowest BCUT2D eigenvalue weighted by Crippen LogP contribution is -2.15. The second-order valence-corrected chi connectivity index (χ2v) is 5.30. The van der Waals surface area contributed by atoms with Gasteiger partial charge in [-0.3, -0.25) is 0 Å². The van der Waals surface area contributed by atoms with E-state index in [4.69, 9.17) is 4.74 Å². The molecule has 3 N–H and O–H groups in total. The van der Waals surface area contributed by atoms with E-state index >= 15 is 0 Å². The molecule has 0 fully saturated rings. The standard InChI is InChI=1S/C14H18BrN3O2/c1-20-12-8-10(7-11(15)14(12)19)9-16-4-2-3-13-17-5-6-18-13/h5-8,16,19H,2-4,9H2,1H3,(H,17,18). The second kappa shape index (κ2) is 7.31. The third-order valence-electron chi connectivity index (χ3n) is 2.96. The number of phenolic OH excluding ortho intramolecular Hbond substituents is 1. The van der Waals surface area contributed by atoms with Gasteiger partial charge in [-0.05, 0) is 46.6 Å². The van der Waals surface area contributed by atoms with Crippen molar-refractivity contribution < 1.29 is 9.84 Å². The van der Waals surface area contributed by atoms with E-state index < -0.39 is 0 Å². The predicted octanol–water partition coefficient (Wildman–Crippen LogP) is 2.61. The summed E-state index contributed by atoms with van der Waals surface area (Å²) in [6, 6.07) is 3.72. The first kappa shape index (κ1) is 14.9. The third kappa shape index (κ3) is 3.98. The molecule has 0 bridgehead atoms. The van der Waals surface area contributed by atoms with Crippen LogP contribution in [0.4, 0.5) is 0 Å². The average Bonchev–Trinajstić information content (AvgIpc) is 2.95. The molecule has 108 valence electrons. The summed E-state index contributed by atoms with van der Waals surface area (Å²) in [7, 11) is 1.54. The Morgan fingerprint density at radius 2 is 2.30 bits per heavy atom. The lowest BCUT2D eigenvalue weighted by atomic mass is 10.2. The minimum atomic E-state index is 0.133. The first-order chi connectivity index (χ1) is 9.70. The fourth-order valence-electron chi connectivity index (χ4n) is 1.93. The summed E-state index contributed by atoms with van der Waals surface area (Å²) in [6.45, 7) is 1.63. The van der Waals surface area contributed by atoms with E-state index in [0.29, 0.717) is 10.2 Å².